The van der Waals surface area contributed by atoms with Gasteiger partial charge in [-0.1, -0.05) is 35.9 Å². The summed E-state index contributed by atoms with van der Waals surface area (Å²) in [7, 11) is -3.64. The van der Waals surface area contributed by atoms with Gasteiger partial charge in [0.1, 0.15) is 0 Å². The Morgan fingerprint density at radius 3 is 2.43 bits per heavy atom. The van der Waals surface area contributed by atoms with Crippen molar-refractivity contribution in [3.63, 3.8) is 0 Å². The lowest BCUT2D eigenvalue weighted by atomic mass is 10.1. The van der Waals surface area contributed by atoms with Crippen molar-refractivity contribution in [3.05, 3.63) is 59.2 Å². The lowest BCUT2D eigenvalue weighted by molar-refractivity contribution is -0.121. The zero-order chi connectivity index (χ0) is 21.7. The minimum Gasteiger partial charge on any atom is -0.371 e. The molecular weight excluding hydrogens is 398 g/mol. The Kier molecular flexibility index (Phi) is 7.15. The number of nitrogens with zero attached hydrogens (tertiary/aromatic N) is 1. The fourth-order valence-corrected chi connectivity index (χ4v) is 5.66. The van der Waals surface area contributed by atoms with E-state index < -0.39 is 10.0 Å². The third kappa shape index (κ3) is 5.61. The minimum absolute atomic E-state index is 0.0850. The molecule has 1 aliphatic heterocycles. The quantitative estimate of drug-likeness (QED) is 0.676. The average molecular weight is 430 g/mol. The molecule has 1 aliphatic rings. The first kappa shape index (κ1) is 22.3. The molecule has 7 heteroatoms. The van der Waals surface area contributed by atoms with Gasteiger partial charge in [0.2, 0.25) is 15.9 Å². The lowest BCUT2D eigenvalue weighted by Gasteiger charge is -2.18. The number of amides is 1. The fourth-order valence-electron chi connectivity index (χ4n) is 4.18. The summed E-state index contributed by atoms with van der Waals surface area (Å²) in [6.07, 6.45) is 1.16. The molecule has 0 radical (unpaired) electrons. The van der Waals surface area contributed by atoms with E-state index in [2.05, 4.69) is 27.1 Å². The van der Waals surface area contributed by atoms with Crippen molar-refractivity contribution in [2.75, 3.05) is 31.1 Å². The molecule has 6 nitrogen and oxygen atoms in total. The summed E-state index contributed by atoms with van der Waals surface area (Å²) in [5.41, 5.74) is 3.67. The van der Waals surface area contributed by atoms with Crippen LogP contribution in [0, 0.1) is 26.7 Å². The maximum Gasteiger partial charge on any atom is 0.241 e. The minimum atomic E-state index is -3.64. The van der Waals surface area contributed by atoms with Gasteiger partial charge in [0.25, 0.3) is 0 Å². The molecular formula is C23H31N3O3S. The van der Waals surface area contributed by atoms with Gasteiger partial charge in [-0.25, -0.2) is 13.1 Å². The van der Waals surface area contributed by atoms with Gasteiger partial charge < -0.3 is 10.2 Å². The first-order valence-electron chi connectivity index (χ1n) is 10.4. The van der Waals surface area contributed by atoms with Crippen LogP contribution in [0.1, 0.15) is 29.5 Å². The Hall–Kier alpha value is -2.38. The highest BCUT2D eigenvalue weighted by atomic mass is 32.2. The molecule has 0 spiro atoms. The smallest absolute Gasteiger partial charge is 0.241 e. The first-order valence-corrected chi connectivity index (χ1v) is 11.9. The van der Waals surface area contributed by atoms with Crippen LogP contribution < -0.4 is 14.9 Å². The molecule has 1 fully saturated rings. The molecule has 2 aromatic carbocycles. The van der Waals surface area contributed by atoms with Gasteiger partial charge in [-0.2, -0.15) is 0 Å². The van der Waals surface area contributed by atoms with E-state index in [1.54, 1.807) is 13.8 Å². The van der Waals surface area contributed by atoms with Crippen LogP contribution in [0.4, 0.5) is 5.69 Å². The second-order valence-electron chi connectivity index (χ2n) is 8.12. The maximum absolute atomic E-state index is 12.7. The topological polar surface area (TPSA) is 78.5 Å². The van der Waals surface area contributed by atoms with Crippen LogP contribution >= 0.6 is 0 Å². The highest BCUT2D eigenvalue weighted by molar-refractivity contribution is 7.89. The summed E-state index contributed by atoms with van der Waals surface area (Å²) in [6, 6.07) is 14.0. The van der Waals surface area contributed by atoms with Gasteiger partial charge in [-0.05, 0) is 56.4 Å². The van der Waals surface area contributed by atoms with Crippen LogP contribution in [-0.4, -0.2) is 40.5 Å². The van der Waals surface area contributed by atoms with Crippen molar-refractivity contribution in [2.24, 2.45) is 5.92 Å². The van der Waals surface area contributed by atoms with Crippen molar-refractivity contribution >= 4 is 21.6 Å². The van der Waals surface area contributed by atoms with E-state index in [1.807, 2.05) is 37.3 Å². The van der Waals surface area contributed by atoms with Gasteiger partial charge in [-0.3, -0.25) is 4.79 Å². The van der Waals surface area contributed by atoms with Crippen molar-refractivity contribution in [2.45, 2.75) is 38.5 Å². The number of carbonyl (C=O) groups is 1. The number of hydrogen-bond acceptors (Lipinski definition) is 4. The normalized spacial score (nSPS) is 16.6. The summed E-state index contributed by atoms with van der Waals surface area (Å²) in [5.74, 6) is 0.275. The number of nitrogens with one attached hydrogen (secondary N) is 2. The zero-order valence-electron chi connectivity index (χ0n) is 17.9. The van der Waals surface area contributed by atoms with Crippen LogP contribution in [0.15, 0.2) is 47.4 Å². The van der Waals surface area contributed by atoms with E-state index in [1.165, 1.54) is 5.69 Å². The Morgan fingerprint density at radius 2 is 1.77 bits per heavy atom. The van der Waals surface area contributed by atoms with Gasteiger partial charge in [0.05, 0.1) is 4.90 Å². The van der Waals surface area contributed by atoms with E-state index >= 15 is 0 Å². The summed E-state index contributed by atoms with van der Waals surface area (Å²) < 4.78 is 27.9. The molecule has 1 unspecified atom stereocenters. The second kappa shape index (κ2) is 9.62. The van der Waals surface area contributed by atoms with Gasteiger partial charge in [0.15, 0.2) is 0 Å². The van der Waals surface area contributed by atoms with Crippen LogP contribution in [0.5, 0.6) is 0 Å². The second-order valence-corrected chi connectivity index (χ2v) is 9.82. The third-order valence-corrected chi connectivity index (χ3v) is 7.28. The molecule has 1 amide bonds. The summed E-state index contributed by atoms with van der Waals surface area (Å²) in [5, 5.41) is 2.95. The van der Waals surface area contributed by atoms with Crippen LogP contribution in [0.25, 0.3) is 0 Å². The molecule has 162 valence electrons. The molecule has 2 aromatic rings. The van der Waals surface area contributed by atoms with Crippen LogP contribution in [0.2, 0.25) is 0 Å². The van der Waals surface area contributed by atoms with Crippen molar-refractivity contribution in [1.29, 1.82) is 0 Å². The molecule has 0 aliphatic carbocycles. The Morgan fingerprint density at radius 1 is 1.10 bits per heavy atom. The molecule has 1 heterocycles. The van der Waals surface area contributed by atoms with E-state index in [0.717, 1.165) is 25.1 Å². The Bertz CT molecular complexity index is 967. The van der Waals surface area contributed by atoms with Crippen LogP contribution in [0.3, 0.4) is 0 Å². The third-order valence-electron chi connectivity index (χ3n) is 5.51. The van der Waals surface area contributed by atoms with Gasteiger partial charge in [-0.15, -0.1) is 0 Å². The molecule has 1 atom stereocenters. The predicted molar refractivity (Wildman–Crippen MR) is 120 cm³/mol. The van der Waals surface area contributed by atoms with E-state index in [0.29, 0.717) is 28.5 Å². The van der Waals surface area contributed by atoms with Crippen LogP contribution in [-0.2, 0) is 14.8 Å². The average Bonchev–Trinajstić information content (AvgIpc) is 3.15. The number of para-hydroxylation sites is 1. The molecule has 30 heavy (non-hydrogen) atoms. The maximum atomic E-state index is 12.7. The van der Waals surface area contributed by atoms with Crippen molar-refractivity contribution < 1.29 is 13.2 Å². The fraction of sp³-hybridized carbons (Fsp3) is 0.435. The molecule has 0 bridgehead atoms. The number of carbonyl (C=O) groups excluding carboxylic acids is 1. The summed E-state index contributed by atoms with van der Waals surface area (Å²) in [6.45, 7) is 8.14. The molecule has 3 rings (SSSR count). The number of aryl methyl sites for hydroxylation is 3. The SMILES string of the molecule is Cc1cc(C)c(S(=O)(=O)NCCC(=O)NCC2CCN(c3ccccc3)C2)c(C)c1. The highest BCUT2D eigenvalue weighted by Crippen LogP contribution is 2.23. The first-order chi connectivity index (χ1) is 14.3. The molecule has 0 aromatic heterocycles. The van der Waals surface area contributed by atoms with Crippen molar-refractivity contribution in [1.82, 2.24) is 10.0 Å². The number of benzene rings is 2. The summed E-state index contributed by atoms with van der Waals surface area (Å²) >= 11 is 0. The Balaban J connectivity index is 1.43. The lowest BCUT2D eigenvalue weighted by Crippen LogP contribution is -2.34. The zero-order valence-corrected chi connectivity index (χ0v) is 18.8. The standard InChI is InChI=1S/C23H31N3O3S/c1-17-13-18(2)23(19(3)14-17)30(28,29)25-11-9-22(27)24-15-20-10-12-26(16-20)21-7-5-4-6-8-21/h4-8,13-14,20,25H,9-12,15-16H2,1-3H3,(H,24,27). The van der Waals surface area contributed by atoms with E-state index in [-0.39, 0.29) is 18.9 Å². The number of hydrogen-bond donors (Lipinski definition) is 2. The molecule has 1 saturated heterocycles. The van der Waals surface area contributed by atoms with E-state index in [9.17, 15) is 13.2 Å². The number of sulfonamides is 1. The Labute approximate surface area is 179 Å². The largest absolute Gasteiger partial charge is 0.371 e. The molecule has 2 N–H and O–H groups in total. The van der Waals surface area contributed by atoms with Gasteiger partial charge in [0, 0.05) is 38.3 Å². The predicted octanol–water partition coefficient (Wildman–Crippen LogP) is 2.92. The molecule has 0 saturated carbocycles. The monoisotopic (exact) mass is 429 g/mol. The van der Waals surface area contributed by atoms with Gasteiger partial charge >= 0.3 is 0 Å². The van der Waals surface area contributed by atoms with E-state index in [4.69, 9.17) is 0 Å². The number of rotatable bonds is 8. The number of anilines is 1. The highest BCUT2D eigenvalue weighted by Gasteiger charge is 2.23. The summed E-state index contributed by atoms with van der Waals surface area (Å²) in [4.78, 5) is 14.8. The van der Waals surface area contributed by atoms with Crippen molar-refractivity contribution in [3.8, 4) is 0 Å².